The van der Waals surface area contributed by atoms with Crippen LogP contribution in [-0.2, 0) is 9.59 Å². The second-order valence-electron chi connectivity index (χ2n) is 4.85. The monoisotopic (exact) mass is 687 g/mol. The first-order valence-electron chi connectivity index (χ1n) is 6.66. The molecule has 3 N–H and O–H groups in total. The van der Waals surface area contributed by atoms with Crippen LogP contribution in [0.5, 0.6) is 0 Å². The maximum absolute atomic E-state index is 12.3. The number of aromatic carboxylic acids is 2. The topological polar surface area (TPSA) is 132 Å². The first-order chi connectivity index (χ1) is 11.5. The number of amides is 1. The Morgan fingerprint density at radius 3 is 1.64 bits per heavy atom. The van der Waals surface area contributed by atoms with Crippen molar-refractivity contribution < 1.29 is 34.5 Å². The normalized spacial score (nSPS) is 10.4. The van der Waals surface area contributed by atoms with Gasteiger partial charge in [-0.2, -0.15) is 0 Å². The van der Waals surface area contributed by atoms with Crippen LogP contribution in [0.2, 0.25) is 0 Å². The Morgan fingerprint density at radius 1 is 0.840 bits per heavy atom. The molecule has 1 aromatic rings. The summed E-state index contributed by atoms with van der Waals surface area (Å²) in [5.74, 6) is -4.03. The molecule has 25 heavy (non-hydrogen) atoms. The predicted molar refractivity (Wildman–Crippen MR) is 113 cm³/mol. The smallest absolute Gasteiger partial charge is 0.337 e. The molecule has 0 bridgehead atoms. The number of nitrogens with zero attached hydrogens (tertiary/aromatic N) is 1. The molecule has 1 amide bonds. The number of rotatable bonds is 7. The van der Waals surface area contributed by atoms with Crippen LogP contribution in [0.1, 0.15) is 40.0 Å². The highest BCUT2D eigenvalue weighted by Crippen LogP contribution is 2.37. The summed E-state index contributed by atoms with van der Waals surface area (Å²) < 4.78 is 0.581. The minimum absolute atomic E-state index is 0.0498. The Hall–Kier alpha value is -0.710. The quantitative estimate of drug-likeness (QED) is 0.376. The number of halogens is 3. The lowest BCUT2D eigenvalue weighted by atomic mass is 10.1. The molecule has 0 radical (unpaired) electrons. The predicted octanol–water partition coefficient (Wildman–Crippen LogP) is 3.11. The van der Waals surface area contributed by atoms with Crippen LogP contribution in [0.25, 0.3) is 0 Å². The molecule has 0 fully saturated rings. The summed E-state index contributed by atoms with van der Waals surface area (Å²) in [5, 5.41) is 27.5. The van der Waals surface area contributed by atoms with Gasteiger partial charge in [-0.3, -0.25) is 9.59 Å². The SMILES string of the molecule is CN(C(=O)CCCC(=O)O)c1c(I)c(C(=O)O)c(I)c(C(=O)O)c1I. The summed E-state index contributed by atoms with van der Waals surface area (Å²) in [4.78, 5) is 47.1. The maximum Gasteiger partial charge on any atom is 0.337 e. The molecule has 0 aromatic heterocycles. The minimum Gasteiger partial charge on any atom is -0.481 e. The standard InChI is InChI=1S/C14H12I3NO7/c1-18(5(19)3-2-4-6(20)21)12-10(16)7(13(22)23)9(15)8(11(12)17)14(24)25/h2-4H2,1H3,(H,20,21)(H,22,23)(H,24,25). The highest BCUT2D eigenvalue weighted by Gasteiger charge is 2.30. The van der Waals surface area contributed by atoms with Gasteiger partial charge in [0.25, 0.3) is 0 Å². The summed E-state index contributed by atoms with van der Waals surface area (Å²) in [6, 6.07) is 0. The van der Waals surface area contributed by atoms with E-state index in [4.69, 9.17) is 5.11 Å². The van der Waals surface area contributed by atoms with Crippen LogP contribution in [0.3, 0.4) is 0 Å². The molecular formula is C14H12I3NO7. The van der Waals surface area contributed by atoms with Gasteiger partial charge in [0.15, 0.2) is 0 Å². The molecule has 11 heteroatoms. The van der Waals surface area contributed by atoms with Gasteiger partial charge >= 0.3 is 17.9 Å². The Morgan fingerprint density at radius 2 is 1.28 bits per heavy atom. The van der Waals surface area contributed by atoms with Crippen molar-refractivity contribution in [2.45, 2.75) is 19.3 Å². The van der Waals surface area contributed by atoms with Gasteiger partial charge in [0.2, 0.25) is 5.91 Å². The average Bonchev–Trinajstić information content (AvgIpc) is 2.45. The molecule has 0 aliphatic carbocycles. The molecule has 0 aliphatic rings. The van der Waals surface area contributed by atoms with Gasteiger partial charge in [-0.05, 0) is 74.2 Å². The molecule has 0 aliphatic heterocycles. The van der Waals surface area contributed by atoms with E-state index < -0.39 is 23.8 Å². The zero-order chi connectivity index (χ0) is 19.5. The second-order valence-corrected chi connectivity index (χ2v) is 8.09. The first kappa shape index (κ1) is 22.3. The summed E-state index contributed by atoms with van der Waals surface area (Å²) >= 11 is 5.22. The lowest BCUT2D eigenvalue weighted by Gasteiger charge is -2.23. The van der Waals surface area contributed by atoms with Gasteiger partial charge in [-0.15, -0.1) is 0 Å². The number of benzene rings is 1. The summed E-state index contributed by atoms with van der Waals surface area (Å²) in [6.07, 6.45) is -0.0828. The van der Waals surface area contributed by atoms with E-state index in [0.717, 1.165) is 0 Å². The fraction of sp³-hybridized carbons (Fsp3) is 0.286. The Kier molecular flexibility index (Phi) is 8.30. The average molecular weight is 687 g/mol. The lowest BCUT2D eigenvalue weighted by Crippen LogP contribution is -2.29. The van der Waals surface area contributed by atoms with E-state index in [1.165, 1.54) is 11.9 Å². The van der Waals surface area contributed by atoms with Crippen molar-refractivity contribution >= 4 is 97.3 Å². The van der Waals surface area contributed by atoms with Crippen molar-refractivity contribution in [3.63, 3.8) is 0 Å². The van der Waals surface area contributed by atoms with Crippen molar-refractivity contribution in [1.82, 2.24) is 0 Å². The van der Waals surface area contributed by atoms with E-state index in [2.05, 4.69) is 0 Å². The van der Waals surface area contributed by atoms with Crippen LogP contribution in [-0.4, -0.2) is 46.2 Å². The van der Waals surface area contributed by atoms with Crippen molar-refractivity contribution in [1.29, 1.82) is 0 Å². The van der Waals surface area contributed by atoms with Crippen LogP contribution in [0.15, 0.2) is 0 Å². The first-order valence-corrected chi connectivity index (χ1v) is 9.89. The third kappa shape index (κ3) is 5.15. The number of carboxylic acid groups (broad SMARTS) is 3. The molecule has 8 nitrogen and oxygen atoms in total. The fourth-order valence-electron chi connectivity index (χ4n) is 2.00. The summed E-state index contributed by atoms with van der Waals surface area (Å²) in [6.45, 7) is 0. The summed E-state index contributed by atoms with van der Waals surface area (Å²) in [5.41, 5.74) is -0.171. The van der Waals surface area contributed by atoms with E-state index in [0.29, 0.717) is 0 Å². The van der Waals surface area contributed by atoms with E-state index in [-0.39, 0.29) is 46.8 Å². The van der Waals surface area contributed by atoms with Crippen LogP contribution in [0.4, 0.5) is 5.69 Å². The van der Waals surface area contributed by atoms with Crippen LogP contribution < -0.4 is 4.90 Å². The number of hydrogen-bond donors (Lipinski definition) is 3. The van der Waals surface area contributed by atoms with E-state index >= 15 is 0 Å². The third-order valence-corrected chi connectivity index (χ3v) is 6.39. The number of hydrogen-bond acceptors (Lipinski definition) is 4. The Labute approximate surface area is 183 Å². The molecule has 0 atom stereocenters. The number of carboxylic acids is 3. The molecular weight excluding hydrogens is 675 g/mol. The molecule has 0 saturated carbocycles. The van der Waals surface area contributed by atoms with Gasteiger partial charge in [0, 0.05) is 23.5 Å². The highest BCUT2D eigenvalue weighted by molar-refractivity contribution is 14.1. The molecule has 0 spiro atoms. The van der Waals surface area contributed by atoms with Crippen LogP contribution >= 0.6 is 67.8 Å². The van der Waals surface area contributed by atoms with Crippen molar-refractivity contribution in [3.8, 4) is 0 Å². The third-order valence-electron chi connectivity index (χ3n) is 3.21. The second kappa shape index (κ2) is 9.29. The number of carbonyl (C=O) groups is 4. The van der Waals surface area contributed by atoms with Gasteiger partial charge in [0.05, 0.1) is 24.0 Å². The van der Waals surface area contributed by atoms with Gasteiger partial charge in [-0.25, -0.2) is 9.59 Å². The number of anilines is 1. The van der Waals surface area contributed by atoms with Gasteiger partial charge < -0.3 is 20.2 Å². The molecule has 0 unspecified atom stereocenters. The van der Waals surface area contributed by atoms with E-state index in [1.54, 1.807) is 67.8 Å². The van der Waals surface area contributed by atoms with E-state index in [9.17, 15) is 29.4 Å². The minimum atomic E-state index is -1.29. The maximum atomic E-state index is 12.3. The molecule has 0 saturated heterocycles. The van der Waals surface area contributed by atoms with Crippen molar-refractivity contribution in [2.75, 3.05) is 11.9 Å². The molecule has 0 heterocycles. The summed E-state index contributed by atoms with van der Waals surface area (Å²) in [7, 11) is 1.41. The number of aliphatic carboxylic acids is 1. The number of carbonyl (C=O) groups excluding carboxylic acids is 1. The Bertz CT molecular complexity index is 722. The zero-order valence-corrected chi connectivity index (χ0v) is 19.1. The molecule has 1 aromatic carbocycles. The Balaban J connectivity index is 3.43. The van der Waals surface area contributed by atoms with Gasteiger partial charge in [-0.1, -0.05) is 0 Å². The lowest BCUT2D eigenvalue weighted by molar-refractivity contribution is -0.137. The van der Waals surface area contributed by atoms with Crippen LogP contribution in [0, 0.1) is 10.7 Å². The van der Waals surface area contributed by atoms with Crippen molar-refractivity contribution in [2.24, 2.45) is 0 Å². The largest absolute Gasteiger partial charge is 0.481 e. The van der Waals surface area contributed by atoms with Crippen molar-refractivity contribution in [3.05, 3.63) is 21.8 Å². The molecule has 136 valence electrons. The fourth-order valence-corrected chi connectivity index (χ4v) is 6.82. The zero-order valence-electron chi connectivity index (χ0n) is 12.7. The molecule has 1 rings (SSSR count). The van der Waals surface area contributed by atoms with E-state index in [1.807, 2.05) is 0 Å². The highest BCUT2D eigenvalue weighted by atomic mass is 127. The van der Waals surface area contributed by atoms with Gasteiger partial charge in [0.1, 0.15) is 0 Å².